The molecule has 0 saturated heterocycles. The van der Waals surface area contributed by atoms with Gasteiger partial charge >= 0.3 is 6.03 Å². The highest BCUT2D eigenvalue weighted by molar-refractivity contribution is 5.93. The quantitative estimate of drug-likeness (QED) is 0.801. The van der Waals surface area contributed by atoms with Crippen LogP contribution in [0.25, 0.3) is 0 Å². The van der Waals surface area contributed by atoms with Crippen LogP contribution in [0.2, 0.25) is 0 Å². The van der Waals surface area contributed by atoms with Crippen LogP contribution in [-0.2, 0) is 11.2 Å². The van der Waals surface area contributed by atoms with E-state index in [0.29, 0.717) is 6.42 Å². The zero-order valence-corrected chi connectivity index (χ0v) is 14.4. The summed E-state index contributed by atoms with van der Waals surface area (Å²) in [6.45, 7) is 3.86. The normalized spacial score (nSPS) is 15.5. The summed E-state index contributed by atoms with van der Waals surface area (Å²) in [5, 5.41) is 8.74. The maximum atomic E-state index is 12.2. The molecule has 1 aliphatic rings. The number of pyridine rings is 1. The third-order valence-corrected chi connectivity index (χ3v) is 4.40. The molecular formula is C19H22N4O2. The van der Waals surface area contributed by atoms with Gasteiger partial charge in [0, 0.05) is 24.5 Å². The van der Waals surface area contributed by atoms with Gasteiger partial charge in [0.2, 0.25) is 5.91 Å². The first-order valence-electron chi connectivity index (χ1n) is 8.42. The fourth-order valence-corrected chi connectivity index (χ4v) is 2.91. The molecule has 2 atom stereocenters. The van der Waals surface area contributed by atoms with E-state index in [4.69, 9.17) is 0 Å². The van der Waals surface area contributed by atoms with Crippen LogP contribution in [0.5, 0.6) is 0 Å². The Morgan fingerprint density at radius 3 is 2.60 bits per heavy atom. The molecule has 0 unspecified atom stereocenters. The highest BCUT2D eigenvalue weighted by atomic mass is 16.2. The van der Waals surface area contributed by atoms with Crippen molar-refractivity contribution in [2.75, 3.05) is 5.32 Å². The molecule has 0 saturated carbocycles. The van der Waals surface area contributed by atoms with Gasteiger partial charge in [-0.1, -0.05) is 18.2 Å². The van der Waals surface area contributed by atoms with Gasteiger partial charge in [-0.3, -0.25) is 9.78 Å². The summed E-state index contributed by atoms with van der Waals surface area (Å²) in [7, 11) is 0. The molecule has 1 aliphatic heterocycles. The predicted molar refractivity (Wildman–Crippen MR) is 96.1 cm³/mol. The Balaban J connectivity index is 1.61. The number of amides is 3. The SMILES string of the molecule is C[C@H](NC(=O)N[C@H](C)c1cccnc1)c1ccc2c(c1)CCC(=O)N2. The Hall–Kier alpha value is -2.89. The molecule has 130 valence electrons. The minimum Gasteiger partial charge on any atom is -0.332 e. The highest BCUT2D eigenvalue weighted by Gasteiger charge is 2.17. The smallest absolute Gasteiger partial charge is 0.315 e. The first kappa shape index (κ1) is 17.0. The van der Waals surface area contributed by atoms with Gasteiger partial charge in [-0.25, -0.2) is 4.79 Å². The molecule has 6 heteroatoms. The molecule has 3 rings (SSSR count). The number of anilines is 1. The molecular weight excluding hydrogens is 316 g/mol. The maximum absolute atomic E-state index is 12.2. The number of rotatable bonds is 4. The average Bonchev–Trinajstić information content (AvgIpc) is 2.61. The van der Waals surface area contributed by atoms with Gasteiger partial charge in [-0.2, -0.15) is 0 Å². The van der Waals surface area contributed by atoms with Crippen LogP contribution in [0.1, 0.15) is 49.0 Å². The van der Waals surface area contributed by atoms with Gasteiger partial charge in [0.15, 0.2) is 0 Å². The molecule has 3 amide bonds. The van der Waals surface area contributed by atoms with Crippen molar-refractivity contribution in [3.63, 3.8) is 0 Å². The number of carbonyl (C=O) groups is 2. The summed E-state index contributed by atoms with van der Waals surface area (Å²) < 4.78 is 0. The Kier molecular flexibility index (Phi) is 4.97. The van der Waals surface area contributed by atoms with E-state index in [2.05, 4.69) is 20.9 Å². The molecule has 0 fully saturated rings. The number of fused-ring (bicyclic) bond motifs is 1. The number of nitrogens with one attached hydrogen (secondary N) is 3. The van der Waals surface area contributed by atoms with E-state index in [-0.39, 0.29) is 24.0 Å². The van der Waals surface area contributed by atoms with Crippen molar-refractivity contribution in [1.82, 2.24) is 15.6 Å². The van der Waals surface area contributed by atoms with Crippen LogP contribution >= 0.6 is 0 Å². The topological polar surface area (TPSA) is 83.1 Å². The van der Waals surface area contributed by atoms with Crippen molar-refractivity contribution in [1.29, 1.82) is 0 Å². The largest absolute Gasteiger partial charge is 0.332 e. The van der Waals surface area contributed by atoms with Gasteiger partial charge in [0.05, 0.1) is 12.1 Å². The first-order chi connectivity index (χ1) is 12.0. The zero-order valence-electron chi connectivity index (χ0n) is 14.4. The van der Waals surface area contributed by atoms with Crippen LogP contribution < -0.4 is 16.0 Å². The summed E-state index contributed by atoms with van der Waals surface area (Å²) in [5.74, 6) is 0.0511. The van der Waals surface area contributed by atoms with Crippen molar-refractivity contribution in [2.45, 2.75) is 38.8 Å². The van der Waals surface area contributed by atoms with Crippen LogP contribution in [-0.4, -0.2) is 16.9 Å². The number of aromatic nitrogens is 1. The van der Waals surface area contributed by atoms with Crippen LogP contribution in [0, 0.1) is 0 Å². The molecule has 1 aromatic heterocycles. The van der Waals surface area contributed by atoms with E-state index in [1.807, 2.05) is 44.2 Å². The average molecular weight is 338 g/mol. The van der Waals surface area contributed by atoms with Gasteiger partial charge in [-0.15, -0.1) is 0 Å². The number of aryl methyl sites for hydroxylation is 1. The number of urea groups is 1. The lowest BCUT2D eigenvalue weighted by Gasteiger charge is -2.21. The summed E-state index contributed by atoms with van der Waals surface area (Å²) in [6.07, 6.45) is 4.68. The number of carbonyl (C=O) groups excluding carboxylic acids is 2. The van der Waals surface area contributed by atoms with Gasteiger partial charge in [0.25, 0.3) is 0 Å². The van der Waals surface area contributed by atoms with Crippen molar-refractivity contribution < 1.29 is 9.59 Å². The second-order valence-corrected chi connectivity index (χ2v) is 6.31. The van der Waals surface area contributed by atoms with Crippen LogP contribution in [0.3, 0.4) is 0 Å². The second kappa shape index (κ2) is 7.34. The molecule has 1 aromatic carbocycles. The number of benzene rings is 1. The van der Waals surface area contributed by atoms with Crippen LogP contribution in [0.15, 0.2) is 42.7 Å². The maximum Gasteiger partial charge on any atom is 0.315 e. The summed E-state index contributed by atoms with van der Waals surface area (Å²) in [5.41, 5.74) is 3.94. The lowest BCUT2D eigenvalue weighted by Crippen LogP contribution is -2.38. The Bertz CT molecular complexity index is 776. The monoisotopic (exact) mass is 338 g/mol. The second-order valence-electron chi connectivity index (χ2n) is 6.31. The van der Waals surface area contributed by atoms with E-state index in [0.717, 1.165) is 28.8 Å². The third kappa shape index (κ3) is 4.15. The fourth-order valence-electron chi connectivity index (χ4n) is 2.91. The van der Waals surface area contributed by atoms with Crippen molar-refractivity contribution in [2.24, 2.45) is 0 Å². The third-order valence-electron chi connectivity index (χ3n) is 4.40. The van der Waals surface area contributed by atoms with Gasteiger partial charge in [-0.05, 0) is 49.1 Å². The summed E-state index contributed by atoms with van der Waals surface area (Å²) in [6, 6.07) is 9.16. The standard InChI is InChI=1S/C19H22N4O2/c1-12(14-5-7-17-15(10-14)6-8-18(24)23-17)21-19(25)22-13(2)16-4-3-9-20-11-16/h3-5,7,9-13H,6,8H2,1-2H3,(H,23,24)(H2,21,22,25)/t12-,13+/m0/s1. The fraction of sp³-hybridized carbons (Fsp3) is 0.316. The van der Waals surface area contributed by atoms with Crippen molar-refractivity contribution in [3.8, 4) is 0 Å². The van der Waals surface area contributed by atoms with E-state index in [9.17, 15) is 9.59 Å². The van der Waals surface area contributed by atoms with Gasteiger partial charge < -0.3 is 16.0 Å². The summed E-state index contributed by atoms with van der Waals surface area (Å²) in [4.78, 5) is 27.7. The minimum absolute atomic E-state index is 0.0511. The van der Waals surface area contributed by atoms with E-state index >= 15 is 0 Å². The molecule has 0 aliphatic carbocycles. The molecule has 6 nitrogen and oxygen atoms in total. The molecule has 2 heterocycles. The lowest BCUT2D eigenvalue weighted by atomic mass is 9.98. The molecule has 0 bridgehead atoms. The van der Waals surface area contributed by atoms with Crippen molar-refractivity contribution in [3.05, 3.63) is 59.4 Å². The molecule has 3 N–H and O–H groups in total. The lowest BCUT2D eigenvalue weighted by molar-refractivity contribution is -0.116. The minimum atomic E-state index is -0.227. The zero-order chi connectivity index (χ0) is 17.8. The number of hydrogen-bond acceptors (Lipinski definition) is 3. The van der Waals surface area contributed by atoms with E-state index in [1.54, 1.807) is 12.4 Å². The molecule has 0 spiro atoms. The highest BCUT2D eigenvalue weighted by Crippen LogP contribution is 2.26. The van der Waals surface area contributed by atoms with Crippen molar-refractivity contribution >= 4 is 17.6 Å². The van der Waals surface area contributed by atoms with E-state index in [1.165, 1.54) is 0 Å². The first-order valence-corrected chi connectivity index (χ1v) is 8.42. The Morgan fingerprint density at radius 2 is 1.88 bits per heavy atom. The molecule has 2 aromatic rings. The molecule has 0 radical (unpaired) electrons. The summed E-state index contributed by atoms with van der Waals surface area (Å²) >= 11 is 0. The number of hydrogen-bond donors (Lipinski definition) is 3. The Morgan fingerprint density at radius 1 is 1.12 bits per heavy atom. The van der Waals surface area contributed by atoms with E-state index < -0.39 is 0 Å². The predicted octanol–water partition coefficient (Wildman–Crippen LogP) is 3.09. The Labute approximate surface area is 147 Å². The molecule has 25 heavy (non-hydrogen) atoms. The van der Waals surface area contributed by atoms with Crippen LogP contribution in [0.4, 0.5) is 10.5 Å². The van der Waals surface area contributed by atoms with Gasteiger partial charge in [0.1, 0.15) is 0 Å². The number of nitrogens with zero attached hydrogens (tertiary/aromatic N) is 1.